The first-order valence-corrected chi connectivity index (χ1v) is 12.9. The molecule has 11 nitrogen and oxygen atoms in total. The number of nitrogen functional groups attached to an aromatic ring is 1. The number of aromatic nitrogens is 3. The number of aryl methyl sites for hydroxylation is 1. The number of hydrazine groups is 1. The molecular weight excluding hydrogens is 522 g/mol. The van der Waals surface area contributed by atoms with Gasteiger partial charge in [-0.15, -0.1) is 12.4 Å². The molecule has 2 saturated carbocycles. The van der Waals surface area contributed by atoms with Crippen molar-refractivity contribution in [3.63, 3.8) is 0 Å². The molecule has 3 aliphatic rings. The third-order valence-corrected chi connectivity index (χ3v) is 8.00. The summed E-state index contributed by atoms with van der Waals surface area (Å²) in [7, 11) is 1.72. The van der Waals surface area contributed by atoms with E-state index in [1.807, 2.05) is 18.2 Å². The Kier molecular flexibility index (Phi) is 6.90. The Labute approximate surface area is 230 Å². The number of pyridine rings is 1. The van der Waals surface area contributed by atoms with E-state index < -0.39 is 23.6 Å². The minimum Gasteiger partial charge on any atom is -0.382 e. The average molecular weight is 552 g/mol. The maximum atomic E-state index is 13.0. The minimum atomic E-state index is -0.647. The molecule has 204 valence electrons. The van der Waals surface area contributed by atoms with Crippen LogP contribution in [0.25, 0.3) is 11.0 Å². The smallest absolute Gasteiger partial charge is 0.382 e. The summed E-state index contributed by atoms with van der Waals surface area (Å²) >= 11 is 0. The maximum Gasteiger partial charge on any atom is 0.432 e. The number of carbonyl (C=O) groups excluding carboxylic acids is 2. The van der Waals surface area contributed by atoms with Crippen LogP contribution in [0.2, 0.25) is 0 Å². The first-order valence-electron chi connectivity index (χ1n) is 12.9. The van der Waals surface area contributed by atoms with Gasteiger partial charge in [-0.1, -0.05) is 25.0 Å². The van der Waals surface area contributed by atoms with Crippen LogP contribution in [0.15, 0.2) is 41.3 Å². The molecule has 39 heavy (non-hydrogen) atoms. The maximum absolute atomic E-state index is 13.0. The van der Waals surface area contributed by atoms with Crippen molar-refractivity contribution in [3.8, 4) is 0 Å². The fourth-order valence-corrected chi connectivity index (χ4v) is 5.71. The fourth-order valence-electron chi connectivity index (χ4n) is 5.71. The molecule has 1 aromatic carbocycles. The third-order valence-electron chi connectivity index (χ3n) is 8.00. The number of carbonyl (C=O) groups is 2. The average Bonchev–Trinajstić information content (AvgIpc) is 3.38. The number of benzene rings is 1. The molecule has 2 aromatic heterocycles. The molecule has 1 atom stereocenters. The van der Waals surface area contributed by atoms with E-state index in [-0.39, 0.29) is 36.1 Å². The van der Waals surface area contributed by atoms with Crippen LogP contribution in [0, 0.1) is 11.3 Å². The number of hydrogen-bond donors (Lipinski definition) is 3. The molecule has 1 unspecified atom stereocenters. The molecule has 1 amide bonds. The zero-order valence-electron chi connectivity index (χ0n) is 21.5. The molecule has 3 heterocycles. The van der Waals surface area contributed by atoms with Gasteiger partial charge >= 0.3 is 12.1 Å². The Hall–Kier alpha value is -3.83. The number of halogens is 1. The summed E-state index contributed by atoms with van der Waals surface area (Å²) in [5.74, 6) is -0.491. The summed E-state index contributed by atoms with van der Waals surface area (Å²) in [6.07, 6.45) is 6.73. The van der Waals surface area contributed by atoms with Gasteiger partial charge in [-0.3, -0.25) is 15.2 Å². The van der Waals surface area contributed by atoms with Crippen molar-refractivity contribution < 1.29 is 14.3 Å². The summed E-state index contributed by atoms with van der Waals surface area (Å²) in [6.45, 7) is 0. The van der Waals surface area contributed by atoms with Crippen LogP contribution < -0.4 is 16.7 Å². The number of fused-ring (bicyclic) bond motifs is 1. The number of nitrogens with two attached hydrogens (primary N) is 1. The van der Waals surface area contributed by atoms with Crippen LogP contribution in [0.3, 0.4) is 0 Å². The van der Waals surface area contributed by atoms with Crippen molar-refractivity contribution in [2.75, 3.05) is 0 Å². The van der Waals surface area contributed by atoms with E-state index in [9.17, 15) is 14.4 Å². The van der Waals surface area contributed by atoms with Crippen molar-refractivity contribution in [2.45, 2.75) is 56.5 Å². The molecule has 4 N–H and O–H groups in total. The lowest BCUT2D eigenvalue weighted by atomic mass is 9.98. The van der Waals surface area contributed by atoms with Gasteiger partial charge in [-0.25, -0.2) is 25.0 Å². The van der Waals surface area contributed by atoms with Crippen molar-refractivity contribution >= 4 is 41.3 Å². The van der Waals surface area contributed by atoms with Crippen LogP contribution >= 0.6 is 12.4 Å². The number of ether oxygens (including phenoxy) is 1. The van der Waals surface area contributed by atoms with Gasteiger partial charge < -0.3 is 15.0 Å². The van der Waals surface area contributed by atoms with Gasteiger partial charge in [0, 0.05) is 19.7 Å². The van der Waals surface area contributed by atoms with Gasteiger partial charge in [-0.05, 0) is 60.9 Å². The lowest BCUT2D eigenvalue weighted by Crippen LogP contribution is -2.52. The minimum absolute atomic E-state index is 0. The van der Waals surface area contributed by atoms with Gasteiger partial charge in [0.05, 0.1) is 16.6 Å². The fraction of sp³-hybridized carbons (Fsp3) is 0.407. The monoisotopic (exact) mass is 551 g/mol. The van der Waals surface area contributed by atoms with Gasteiger partial charge in [0.2, 0.25) is 0 Å². The van der Waals surface area contributed by atoms with Crippen molar-refractivity contribution in [3.05, 3.63) is 69.4 Å². The normalized spacial score (nSPS) is 20.2. The zero-order chi connectivity index (χ0) is 26.6. The summed E-state index contributed by atoms with van der Waals surface area (Å²) in [4.78, 5) is 47.1. The van der Waals surface area contributed by atoms with Crippen LogP contribution in [0.5, 0.6) is 0 Å². The quantitative estimate of drug-likeness (QED) is 0.175. The molecule has 6 rings (SSSR count). The number of amidine groups is 1. The lowest BCUT2D eigenvalue weighted by Gasteiger charge is -2.30. The molecule has 3 fully saturated rings. The Bertz CT molecular complexity index is 1530. The van der Waals surface area contributed by atoms with Crippen LogP contribution in [-0.2, 0) is 28.5 Å². The van der Waals surface area contributed by atoms with E-state index in [4.69, 9.17) is 20.9 Å². The predicted molar refractivity (Wildman–Crippen MR) is 145 cm³/mol. The third kappa shape index (κ3) is 4.76. The molecule has 0 spiro atoms. The molecule has 0 bridgehead atoms. The second kappa shape index (κ2) is 10.0. The molecule has 2 aliphatic carbocycles. The van der Waals surface area contributed by atoms with E-state index in [0.717, 1.165) is 49.7 Å². The number of hydrogen-bond acceptors (Lipinski definition) is 8. The first kappa shape index (κ1) is 26.8. The van der Waals surface area contributed by atoms with E-state index in [1.165, 1.54) is 5.01 Å². The highest BCUT2D eigenvalue weighted by Gasteiger charge is 2.53. The first-order chi connectivity index (χ1) is 18.3. The topological polar surface area (TPSA) is 156 Å². The number of nitrogens with zero attached hydrogens (tertiary/aromatic N) is 4. The highest BCUT2D eigenvalue weighted by atomic mass is 35.5. The molecule has 0 radical (unpaired) electrons. The lowest BCUT2D eigenvalue weighted by molar-refractivity contribution is -0.137. The number of cyclic esters (lactones) is 2. The second-order valence-corrected chi connectivity index (χ2v) is 10.5. The Morgan fingerprint density at radius 1 is 1.18 bits per heavy atom. The van der Waals surface area contributed by atoms with E-state index >= 15 is 0 Å². The van der Waals surface area contributed by atoms with Crippen LogP contribution in [0.4, 0.5) is 4.79 Å². The van der Waals surface area contributed by atoms with Crippen LogP contribution in [-0.4, -0.2) is 43.5 Å². The van der Waals surface area contributed by atoms with Crippen LogP contribution in [0.1, 0.15) is 61.0 Å². The molecule has 1 aliphatic heterocycles. The number of rotatable bonds is 7. The second-order valence-electron chi connectivity index (χ2n) is 10.5. The summed E-state index contributed by atoms with van der Waals surface area (Å²) in [5.41, 5.74) is 12.0. The largest absolute Gasteiger partial charge is 0.432 e. The highest BCUT2D eigenvalue weighted by Crippen LogP contribution is 2.47. The van der Waals surface area contributed by atoms with E-state index in [0.29, 0.717) is 22.4 Å². The van der Waals surface area contributed by atoms with E-state index in [2.05, 4.69) is 10.4 Å². The Balaban J connectivity index is 0.00000308. The molecule has 12 heteroatoms. The van der Waals surface area contributed by atoms with Gasteiger partial charge in [0.25, 0.3) is 5.56 Å². The summed E-state index contributed by atoms with van der Waals surface area (Å²) in [6, 6.07) is 8.60. The Morgan fingerprint density at radius 2 is 1.92 bits per heavy atom. The van der Waals surface area contributed by atoms with Gasteiger partial charge in [-0.2, -0.15) is 0 Å². The van der Waals surface area contributed by atoms with Crippen molar-refractivity contribution in [1.29, 1.82) is 5.41 Å². The molecule has 3 aromatic rings. The van der Waals surface area contributed by atoms with E-state index in [1.54, 1.807) is 29.9 Å². The number of nitrogens with one attached hydrogen (secondary N) is 2. The standard InChI is InChI=1S/C27H29N7O4.ClH/c1-33-21-9-7-17(13-19(21)31-20(24(33)35)12-15-6-8-18(23(28)29)30-14-15)27(10-11-27)32-34-22(16-4-2-3-5-16)25(36)38-26(34)37;/h6-9,13-14,16,22,32H,2-5,10-12H2,1H3,(H3,28,29);1H. The SMILES string of the molecule is Cl.Cn1c(=O)c(Cc2ccc(C(=N)N)nc2)nc2cc(C3(NN4C(=O)OC(=O)C4C4CCCC4)CC3)ccc21. The zero-order valence-corrected chi connectivity index (χ0v) is 22.3. The van der Waals surface area contributed by atoms with Crippen molar-refractivity contribution in [2.24, 2.45) is 18.7 Å². The predicted octanol–water partition coefficient (Wildman–Crippen LogP) is 2.66. The number of amides is 1. The Morgan fingerprint density at radius 3 is 2.56 bits per heavy atom. The summed E-state index contributed by atoms with van der Waals surface area (Å²) < 4.78 is 6.59. The molecular formula is C27H30ClN7O4. The summed E-state index contributed by atoms with van der Waals surface area (Å²) in [5, 5.41) is 8.91. The highest BCUT2D eigenvalue weighted by molar-refractivity contribution is 5.95. The number of esters is 1. The van der Waals surface area contributed by atoms with Gasteiger partial charge in [0.15, 0.2) is 6.04 Å². The molecule has 1 saturated heterocycles. The van der Waals surface area contributed by atoms with Gasteiger partial charge in [0.1, 0.15) is 17.2 Å². The van der Waals surface area contributed by atoms with Crippen molar-refractivity contribution in [1.82, 2.24) is 25.0 Å².